The molecule has 1 unspecified atom stereocenters. The first kappa shape index (κ1) is 75.6. The molecule has 0 heterocycles. The molecule has 78 heavy (non-hydrogen) atoms. The van der Waals surface area contributed by atoms with E-state index in [1.165, 1.54) is 276 Å². The van der Waals surface area contributed by atoms with Crippen LogP contribution in [0.3, 0.4) is 0 Å². The van der Waals surface area contributed by atoms with E-state index in [4.69, 9.17) is 14.2 Å². The summed E-state index contributed by atoms with van der Waals surface area (Å²) >= 11 is 0. The van der Waals surface area contributed by atoms with Crippen LogP contribution in [0, 0.1) is 0 Å². The molecule has 0 fully saturated rings. The van der Waals surface area contributed by atoms with Crippen LogP contribution in [0.5, 0.6) is 0 Å². The van der Waals surface area contributed by atoms with Gasteiger partial charge in [0.2, 0.25) is 0 Å². The van der Waals surface area contributed by atoms with Gasteiger partial charge < -0.3 is 14.2 Å². The molecule has 6 nitrogen and oxygen atoms in total. The fourth-order valence-electron chi connectivity index (χ4n) is 10.6. The SMILES string of the molecule is CCCCC/C=C\CCCCCCCC(=O)OCC(COC(=O)CCCCCCCCCCCCCCCCCCCCCCCCC/C=C\C/C=C\CCCCCCC)OC(=O)CCCCCCCCCCCCCCC. The minimum absolute atomic E-state index is 0.0684. The summed E-state index contributed by atoms with van der Waals surface area (Å²) in [5, 5.41) is 0. The van der Waals surface area contributed by atoms with Gasteiger partial charge in [-0.15, -0.1) is 0 Å². The summed E-state index contributed by atoms with van der Waals surface area (Å²) < 4.78 is 16.9. The Morgan fingerprint density at radius 2 is 0.462 bits per heavy atom. The lowest BCUT2D eigenvalue weighted by molar-refractivity contribution is -0.167. The van der Waals surface area contributed by atoms with E-state index in [-0.39, 0.29) is 31.1 Å². The average Bonchev–Trinajstić information content (AvgIpc) is 3.44. The smallest absolute Gasteiger partial charge is 0.306 e. The van der Waals surface area contributed by atoms with E-state index in [9.17, 15) is 14.4 Å². The minimum atomic E-state index is -0.770. The molecule has 0 aromatic carbocycles. The lowest BCUT2D eigenvalue weighted by atomic mass is 10.0. The highest BCUT2D eigenvalue weighted by Gasteiger charge is 2.19. The number of hydrogen-bond donors (Lipinski definition) is 0. The molecule has 0 aromatic heterocycles. The van der Waals surface area contributed by atoms with E-state index >= 15 is 0 Å². The number of allylic oxidation sites excluding steroid dienone is 6. The fourth-order valence-corrected chi connectivity index (χ4v) is 10.6. The fraction of sp³-hybridized carbons (Fsp3) is 0.875. The highest BCUT2D eigenvalue weighted by atomic mass is 16.6. The van der Waals surface area contributed by atoms with Crippen LogP contribution in [0.1, 0.15) is 387 Å². The molecular weight excluding hydrogens is 961 g/mol. The molecule has 458 valence electrons. The van der Waals surface area contributed by atoms with E-state index in [1.807, 2.05) is 0 Å². The van der Waals surface area contributed by atoms with Crippen LogP contribution >= 0.6 is 0 Å². The van der Waals surface area contributed by atoms with Crippen LogP contribution in [-0.4, -0.2) is 37.2 Å². The van der Waals surface area contributed by atoms with Crippen LogP contribution in [-0.2, 0) is 28.6 Å². The molecule has 0 bridgehead atoms. The van der Waals surface area contributed by atoms with E-state index in [0.29, 0.717) is 19.3 Å². The summed E-state index contributed by atoms with van der Waals surface area (Å²) in [4.78, 5) is 38.2. The van der Waals surface area contributed by atoms with Crippen LogP contribution < -0.4 is 0 Å². The number of carbonyl (C=O) groups is 3. The molecule has 0 aliphatic rings. The second kappa shape index (κ2) is 67.1. The Kier molecular flexibility index (Phi) is 65.1. The van der Waals surface area contributed by atoms with Crippen LogP contribution in [0.4, 0.5) is 0 Å². The molecular formula is C72H134O6. The number of unbranched alkanes of at least 4 members (excludes halogenated alkanes) is 48. The summed E-state index contributed by atoms with van der Waals surface area (Å²) in [7, 11) is 0. The van der Waals surface area contributed by atoms with Crippen molar-refractivity contribution in [2.24, 2.45) is 0 Å². The Hall–Kier alpha value is -2.37. The number of rotatable bonds is 65. The van der Waals surface area contributed by atoms with Gasteiger partial charge in [0.15, 0.2) is 6.10 Å². The Bertz CT molecular complexity index is 1300. The van der Waals surface area contributed by atoms with Gasteiger partial charge in [-0.05, 0) is 77.0 Å². The number of esters is 3. The van der Waals surface area contributed by atoms with Crippen molar-refractivity contribution in [1.82, 2.24) is 0 Å². The van der Waals surface area contributed by atoms with Crippen molar-refractivity contribution < 1.29 is 28.6 Å². The van der Waals surface area contributed by atoms with Crippen molar-refractivity contribution in [2.45, 2.75) is 393 Å². The Morgan fingerprint density at radius 1 is 0.256 bits per heavy atom. The van der Waals surface area contributed by atoms with Crippen molar-refractivity contribution in [3.63, 3.8) is 0 Å². The molecule has 0 aliphatic carbocycles. The topological polar surface area (TPSA) is 78.9 Å². The van der Waals surface area contributed by atoms with Gasteiger partial charge in [0.1, 0.15) is 13.2 Å². The van der Waals surface area contributed by atoms with E-state index in [1.54, 1.807) is 0 Å². The molecule has 0 spiro atoms. The van der Waals surface area contributed by atoms with E-state index in [2.05, 4.69) is 57.2 Å². The Labute approximate surface area is 486 Å². The predicted octanol–water partition coefficient (Wildman–Crippen LogP) is 23.9. The summed E-state index contributed by atoms with van der Waals surface area (Å²) in [5.74, 6) is -0.853. The van der Waals surface area contributed by atoms with Crippen LogP contribution in [0.15, 0.2) is 36.5 Å². The van der Waals surface area contributed by atoms with Crippen molar-refractivity contribution >= 4 is 17.9 Å². The van der Waals surface area contributed by atoms with Gasteiger partial charge in [0.05, 0.1) is 0 Å². The quantitative estimate of drug-likeness (QED) is 0.0261. The van der Waals surface area contributed by atoms with Crippen molar-refractivity contribution in [3.05, 3.63) is 36.5 Å². The summed E-state index contributed by atoms with van der Waals surface area (Å²) in [5.41, 5.74) is 0. The molecule has 0 aliphatic heterocycles. The Balaban J connectivity index is 4.00. The Morgan fingerprint density at radius 3 is 0.744 bits per heavy atom. The maximum atomic E-state index is 12.9. The zero-order valence-electron chi connectivity index (χ0n) is 52.7. The molecule has 1 atom stereocenters. The van der Waals surface area contributed by atoms with Crippen molar-refractivity contribution in [2.75, 3.05) is 13.2 Å². The van der Waals surface area contributed by atoms with Gasteiger partial charge >= 0.3 is 17.9 Å². The first-order chi connectivity index (χ1) is 38.5. The minimum Gasteiger partial charge on any atom is -0.462 e. The lowest BCUT2D eigenvalue weighted by Crippen LogP contribution is -2.30. The molecule has 0 rings (SSSR count). The number of hydrogen-bond acceptors (Lipinski definition) is 6. The van der Waals surface area contributed by atoms with Gasteiger partial charge in [-0.25, -0.2) is 0 Å². The third-order valence-corrected chi connectivity index (χ3v) is 15.9. The molecule has 0 aromatic rings. The largest absolute Gasteiger partial charge is 0.462 e. The standard InChI is InChI=1S/C72H134O6/c1-4-7-10-13-16-19-22-25-26-27-28-29-30-31-32-33-34-35-36-37-38-39-40-41-42-43-44-45-46-48-50-53-56-59-62-65-71(74)77-68-69(67-76-70(73)64-61-58-55-52-49-24-21-18-15-12-9-6-3)78-72(75)66-63-60-57-54-51-47-23-20-17-14-11-8-5-2/h18,21-22,25,27-28,69H,4-17,19-20,23-24,26,29-68H2,1-3H3/b21-18-,25-22-,28-27-. The van der Waals surface area contributed by atoms with E-state index in [0.717, 1.165) is 70.6 Å². The first-order valence-corrected chi connectivity index (χ1v) is 35.0. The second-order valence-corrected chi connectivity index (χ2v) is 23.8. The van der Waals surface area contributed by atoms with Crippen LogP contribution in [0.2, 0.25) is 0 Å². The molecule has 6 heteroatoms. The van der Waals surface area contributed by atoms with Gasteiger partial charge in [0, 0.05) is 19.3 Å². The number of carbonyl (C=O) groups excluding carboxylic acids is 3. The van der Waals surface area contributed by atoms with Crippen molar-refractivity contribution in [1.29, 1.82) is 0 Å². The second-order valence-electron chi connectivity index (χ2n) is 23.8. The molecule has 0 amide bonds. The predicted molar refractivity (Wildman–Crippen MR) is 339 cm³/mol. The van der Waals surface area contributed by atoms with Crippen molar-refractivity contribution in [3.8, 4) is 0 Å². The average molecular weight is 1100 g/mol. The number of ether oxygens (including phenoxy) is 3. The molecule has 0 N–H and O–H groups in total. The van der Waals surface area contributed by atoms with Gasteiger partial charge in [0.25, 0.3) is 0 Å². The third-order valence-electron chi connectivity index (χ3n) is 15.9. The van der Waals surface area contributed by atoms with Gasteiger partial charge in [-0.1, -0.05) is 327 Å². The van der Waals surface area contributed by atoms with Gasteiger partial charge in [-0.2, -0.15) is 0 Å². The monoisotopic (exact) mass is 1100 g/mol. The molecule has 0 radical (unpaired) electrons. The normalized spacial score (nSPS) is 12.2. The van der Waals surface area contributed by atoms with Crippen LogP contribution in [0.25, 0.3) is 0 Å². The lowest BCUT2D eigenvalue weighted by Gasteiger charge is -2.18. The first-order valence-electron chi connectivity index (χ1n) is 35.0. The zero-order valence-corrected chi connectivity index (χ0v) is 52.7. The maximum absolute atomic E-state index is 12.9. The maximum Gasteiger partial charge on any atom is 0.306 e. The molecule has 0 saturated carbocycles. The molecule has 0 saturated heterocycles. The summed E-state index contributed by atoms with van der Waals surface area (Å²) in [6, 6.07) is 0. The summed E-state index contributed by atoms with van der Waals surface area (Å²) in [6.45, 7) is 6.65. The van der Waals surface area contributed by atoms with Gasteiger partial charge in [-0.3, -0.25) is 14.4 Å². The highest BCUT2D eigenvalue weighted by molar-refractivity contribution is 5.71. The third kappa shape index (κ3) is 64.5. The zero-order chi connectivity index (χ0) is 56.4. The van der Waals surface area contributed by atoms with E-state index < -0.39 is 6.10 Å². The summed E-state index contributed by atoms with van der Waals surface area (Å²) in [6.07, 6.45) is 83.4. The highest BCUT2D eigenvalue weighted by Crippen LogP contribution is 2.18.